The molecule has 0 saturated carbocycles. The van der Waals surface area contributed by atoms with Gasteiger partial charge >= 0.3 is 6.09 Å². The fourth-order valence-electron chi connectivity index (χ4n) is 2.13. The molecule has 0 bridgehead atoms. The second kappa shape index (κ2) is 7.96. The van der Waals surface area contributed by atoms with Crippen molar-refractivity contribution in [3.05, 3.63) is 36.4 Å². The van der Waals surface area contributed by atoms with Crippen molar-refractivity contribution < 1.29 is 23.7 Å². The minimum absolute atomic E-state index is 0.514. The van der Waals surface area contributed by atoms with Crippen LogP contribution in [0.15, 0.2) is 36.4 Å². The summed E-state index contributed by atoms with van der Waals surface area (Å²) in [5.41, 5.74) is 2.25. The van der Waals surface area contributed by atoms with Crippen molar-refractivity contribution in [1.29, 1.82) is 0 Å². The molecular weight excluding hydrogens is 312 g/mol. The Kier molecular flexibility index (Phi) is 5.73. The highest BCUT2D eigenvalue weighted by Crippen LogP contribution is 2.40. The molecule has 1 amide bonds. The average Bonchev–Trinajstić information content (AvgIpc) is 2.62. The first kappa shape index (κ1) is 17.3. The average molecular weight is 332 g/mol. The van der Waals surface area contributed by atoms with Gasteiger partial charge in [-0.15, -0.1) is 0 Å². The molecule has 0 spiro atoms. The summed E-state index contributed by atoms with van der Waals surface area (Å²) in [5.74, 6) is 1.65. The Balaban J connectivity index is 2.20. The maximum absolute atomic E-state index is 11.2. The fourth-order valence-corrected chi connectivity index (χ4v) is 2.13. The third-order valence-electron chi connectivity index (χ3n) is 3.27. The van der Waals surface area contributed by atoms with Gasteiger partial charge in [-0.1, -0.05) is 0 Å². The lowest BCUT2D eigenvalue weighted by molar-refractivity contribution is 0.187. The van der Waals surface area contributed by atoms with Gasteiger partial charge in [0.1, 0.15) is 0 Å². The van der Waals surface area contributed by atoms with Crippen LogP contribution in [-0.2, 0) is 4.74 Å². The summed E-state index contributed by atoms with van der Waals surface area (Å²) in [6.07, 6.45) is -0.514. The van der Waals surface area contributed by atoms with Gasteiger partial charge in [0.25, 0.3) is 0 Å². The molecule has 0 aliphatic rings. The summed E-state index contributed by atoms with van der Waals surface area (Å²) >= 11 is 0. The van der Waals surface area contributed by atoms with Crippen molar-refractivity contribution in [2.75, 3.05) is 39.1 Å². The van der Waals surface area contributed by atoms with Gasteiger partial charge in [0.2, 0.25) is 5.75 Å². The molecule has 7 nitrogen and oxygen atoms in total. The van der Waals surface area contributed by atoms with Crippen molar-refractivity contribution in [2.24, 2.45) is 0 Å². The van der Waals surface area contributed by atoms with E-state index < -0.39 is 6.09 Å². The van der Waals surface area contributed by atoms with E-state index in [0.29, 0.717) is 22.9 Å². The normalized spacial score (nSPS) is 9.83. The molecular formula is C17H20N2O5. The van der Waals surface area contributed by atoms with Crippen LogP contribution in [0.3, 0.4) is 0 Å². The lowest BCUT2D eigenvalue weighted by Gasteiger charge is -2.15. The number of hydrogen-bond donors (Lipinski definition) is 2. The Bertz CT molecular complexity index is 676. The third-order valence-corrected chi connectivity index (χ3v) is 3.27. The van der Waals surface area contributed by atoms with Gasteiger partial charge < -0.3 is 24.3 Å². The maximum atomic E-state index is 11.2. The van der Waals surface area contributed by atoms with E-state index in [1.54, 1.807) is 33.5 Å². The molecule has 0 aromatic heterocycles. The van der Waals surface area contributed by atoms with Gasteiger partial charge in [-0.05, 0) is 24.3 Å². The number of rotatable bonds is 6. The van der Waals surface area contributed by atoms with E-state index >= 15 is 0 Å². The Morgan fingerprint density at radius 1 is 0.792 bits per heavy atom. The number of hydrogen-bond acceptors (Lipinski definition) is 6. The Morgan fingerprint density at radius 3 is 1.79 bits per heavy atom. The number of ether oxygens (including phenoxy) is 4. The predicted octanol–water partition coefficient (Wildman–Crippen LogP) is 3.63. The van der Waals surface area contributed by atoms with Crippen LogP contribution in [0, 0.1) is 0 Å². The first-order valence-corrected chi connectivity index (χ1v) is 7.13. The Hall–Kier alpha value is -3.09. The zero-order chi connectivity index (χ0) is 17.5. The lowest BCUT2D eigenvalue weighted by atomic mass is 10.2. The van der Waals surface area contributed by atoms with Gasteiger partial charge in [-0.3, -0.25) is 5.32 Å². The first-order valence-electron chi connectivity index (χ1n) is 7.13. The highest BCUT2D eigenvalue weighted by atomic mass is 16.5. The van der Waals surface area contributed by atoms with Gasteiger partial charge in [0, 0.05) is 29.2 Å². The van der Waals surface area contributed by atoms with E-state index in [2.05, 4.69) is 15.4 Å². The molecule has 2 rings (SSSR count). The van der Waals surface area contributed by atoms with Crippen LogP contribution in [-0.4, -0.2) is 34.5 Å². The van der Waals surface area contributed by atoms with Gasteiger partial charge in [0.05, 0.1) is 28.4 Å². The predicted molar refractivity (Wildman–Crippen MR) is 91.9 cm³/mol. The molecule has 2 N–H and O–H groups in total. The molecule has 0 radical (unpaired) electrons. The van der Waals surface area contributed by atoms with Crippen molar-refractivity contribution in [2.45, 2.75) is 0 Å². The summed E-state index contributed by atoms with van der Waals surface area (Å²) < 4.78 is 20.5. The number of methoxy groups -OCH3 is 4. The highest BCUT2D eigenvalue weighted by Gasteiger charge is 2.13. The van der Waals surface area contributed by atoms with Crippen LogP contribution in [0.2, 0.25) is 0 Å². The monoisotopic (exact) mass is 332 g/mol. The standard InChI is InChI=1S/C17H20N2O5/c1-21-14-9-13(10-15(22-2)16(14)23-3)18-11-5-7-12(8-6-11)19-17(20)24-4/h5-10,18H,1-4H3,(H,19,20). The van der Waals surface area contributed by atoms with E-state index in [0.717, 1.165) is 11.4 Å². The topological polar surface area (TPSA) is 78.1 Å². The first-order chi connectivity index (χ1) is 11.6. The molecule has 128 valence electrons. The summed E-state index contributed by atoms with van der Waals surface area (Å²) in [6, 6.07) is 10.8. The van der Waals surface area contributed by atoms with Crippen LogP contribution >= 0.6 is 0 Å². The highest BCUT2D eigenvalue weighted by molar-refractivity contribution is 5.84. The second-order valence-electron chi connectivity index (χ2n) is 4.73. The summed E-state index contributed by atoms with van der Waals surface area (Å²) in [4.78, 5) is 11.2. The molecule has 2 aromatic rings. The van der Waals surface area contributed by atoms with E-state index in [9.17, 15) is 4.79 Å². The Labute approximate surface area is 140 Å². The van der Waals surface area contributed by atoms with Crippen molar-refractivity contribution in [3.63, 3.8) is 0 Å². The Morgan fingerprint density at radius 2 is 1.33 bits per heavy atom. The molecule has 24 heavy (non-hydrogen) atoms. The molecule has 7 heteroatoms. The summed E-state index contributed by atoms with van der Waals surface area (Å²) in [5, 5.41) is 5.83. The quantitative estimate of drug-likeness (QED) is 0.841. The van der Waals surface area contributed by atoms with E-state index in [4.69, 9.17) is 14.2 Å². The van der Waals surface area contributed by atoms with Crippen molar-refractivity contribution >= 4 is 23.2 Å². The molecule has 0 aliphatic carbocycles. The number of amides is 1. The molecule has 0 heterocycles. The van der Waals surface area contributed by atoms with E-state index in [1.807, 2.05) is 24.3 Å². The fraction of sp³-hybridized carbons (Fsp3) is 0.235. The van der Waals surface area contributed by atoms with Crippen LogP contribution in [0.25, 0.3) is 0 Å². The molecule has 2 aromatic carbocycles. The SMILES string of the molecule is COC(=O)Nc1ccc(Nc2cc(OC)c(OC)c(OC)c2)cc1. The molecule has 0 aliphatic heterocycles. The zero-order valence-electron chi connectivity index (χ0n) is 14.0. The molecule has 0 atom stereocenters. The van der Waals surface area contributed by atoms with Gasteiger partial charge in [-0.25, -0.2) is 4.79 Å². The van der Waals surface area contributed by atoms with Crippen LogP contribution in [0.4, 0.5) is 21.9 Å². The second-order valence-corrected chi connectivity index (χ2v) is 4.73. The van der Waals surface area contributed by atoms with Crippen LogP contribution in [0.5, 0.6) is 17.2 Å². The third kappa shape index (κ3) is 4.01. The van der Waals surface area contributed by atoms with Crippen molar-refractivity contribution in [1.82, 2.24) is 0 Å². The number of anilines is 3. The summed E-state index contributed by atoms with van der Waals surface area (Å²) in [6.45, 7) is 0. The molecule has 0 saturated heterocycles. The minimum atomic E-state index is -0.514. The van der Waals surface area contributed by atoms with Gasteiger partial charge in [-0.2, -0.15) is 0 Å². The summed E-state index contributed by atoms with van der Waals surface area (Å²) in [7, 11) is 6.00. The molecule has 0 fully saturated rings. The zero-order valence-corrected chi connectivity index (χ0v) is 14.0. The van der Waals surface area contributed by atoms with Crippen LogP contribution < -0.4 is 24.8 Å². The number of nitrogens with one attached hydrogen (secondary N) is 2. The minimum Gasteiger partial charge on any atom is -0.493 e. The molecule has 0 unspecified atom stereocenters. The number of carbonyl (C=O) groups excluding carboxylic acids is 1. The van der Waals surface area contributed by atoms with Gasteiger partial charge in [0.15, 0.2) is 11.5 Å². The maximum Gasteiger partial charge on any atom is 0.411 e. The number of carbonyl (C=O) groups is 1. The van der Waals surface area contributed by atoms with E-state index in [-0.39, 0.29) is 0 Å². The van der Waals surface area contributed by atoms with E-state index in [1.165, 1.54) is 7.11 Å². The largest absolute Gasteiger partial charge is 0.493 e. The van der Waals surface area contributed by atoms with Crippen LogP contribution in [0.1, 0.15) is 0 Å². The van der Waals surface area contributed by atoms with Crippen molar-refractivity contribution in [3.8, 4) is 17.2 Å². The number of benzene rings is 2. The smallest absolute Gasteiger partial charge is 0.411 e. The lowest BCUT2D eigenvalue weighted by Crippen LogP contribution is -2.10.